The van der Waals surface area contributed by atoms with Gasteiger partial charge in [-0.15, -0.1) is 0 Å². The molecule has 0 aliphatic carbocycles. The molecule has 1 spiro atoms. The van der Waals surface area contributed by atoms with Crippen LogP contribution < -0.4 is 15.0 Å². The number of rotatable bonds is 11. The molecule has 3 saturated heterocycles. The van der Waals surface area contributed by atoms with E-state index in [1.165, 1.54) is 0 Å². The summed E-state index contributed by atoms with van der Waals surface area (Å²) in [5, 5.41) is 16.0. The average molecular weight is 874 g/mol. The van der Waals surface area contributed by atoms with Crippen molar-refractivity contribution in [3.05, 3.63) is 99.3 Å². The van der Waals surface area contributed by atoms with Gasteiger partial charge < -0.3 is 30.3 Å². The van der Waals surface area contributed by atoms with Crippen LogP contribution in [0.1, 0.15) is 37.0 Å². The molecule has 3 aliphatic rings. The Morgan fingerprint density at radius 3 is 2.52 bits per heavy atom. The van der Waals surface area contributed by atoms with E-state index in [2.05, 4.69) is 35.7 Å². The third-order valence-corrected chi connectivity index (χ3v) is 10.6. The number of hydrogen-bond acceptors (Lipinski definition) is 9. The number of aromatic nitrogens is 4. The number of carbonyl (C=O) groups is 3. The molecule has 6 heterocycles. The molecule has 17 heteroatoms. The fraction of sp³-hybridized carbons (Fsp3) is 0.333. The molecular weight excluding hydrogens is 834 g/mol. The first-order chi connectivity index (χ1) is 26.6. The first-order valence-corrected chi connectivity index (χ1v) is 18.5. The van der Waals surface area contributed by atoms with Crippen molar-refractivity contribution in [1.82, 2.24) is 30.4 Å². The molecule has 56 heavy (non-hydrogen) atoms. The van der Waals surface area contributed by atoms with Crippen LogP contribution in [0.25, 0.3) is 33.2 Å². The van der Waals surface area contributed by atoms with Gasteiger partial charge in [0.05, 0.1) is 22.2 Å². The van der Waals surface area contributed by atoms with Crippen LogP contribution in [0.4, 0.5) is 17.2 Å². The maximum atomic E-state index is 11.7. The Kier molecular flexibility index (Phi) is 13.2. The molecule has 3 amide bonds. The number of pyridine rings is 2. The van der Waals surface area contributed by atoms with Gasteiger partial charge in [-0.1, -0.05) is 47.0 Å². The SMILES string of the molecule is COCCc1cccc([N-]C2CCC(=O)NC2=O)c1[NH-].C[C@@H](Oc1ccc2[nH]nc(-c3ccc(N4CC5(CN(C=O)C5)C4)nc3)c2c1)c1c(Cl)cncc1Cl.[Y]. The number of nitrogens with zero attached hydrogens (tertiary/aromatic N) is 6. The Hall–Kier alpha value is -4.34. The smallest absolute Gasteiger partial charge is 0.226 e. The van der Waals surface area contributed by atoms with Crippen LogP contribution in [0.2, 0.25) is 10.0 Å². The summed E-state index contributed by atoms with van der Waals surface area (Å²) >= 11 is 12.6. The van der Waals surface area contributed by atoms with Crippen molar-refractivity contribution in [2.24, 2.45) is 5.41 Å². The quantitative estimate of drug-likeness (QED) is 0.103. The van der Waals surface area contributed by atoms with Crippen LogP contribution in [0.5, 0.6) is 5.75 Å². The number of nitrogens with one attached hydrogen (secondary N) is 3. The Bertz CT molecular complexity index is 2190. The summed E-state index contributed by atoms with van der Waals surface area (Å²) in [6.07, 6.45) is 6.85. The first-order valence-electron chi connectivity index (χ1n) is 17.8. The van der Waals surface area contributed by atoms with Gasteiger partial charge in [0, 0.05) is 113 Å². The number of H-pyrrole nitrogens is 1. The van der Waals surface area contributed by atoms with E-state index in [4.69, 9.17) is 38.4 Å². The fourth-order valence-corrected chi connectivity index (χ4v) is 7.85. The summed E-state index contributed by atoms with van der Waals surface area (Å²) < 4.78 is 11.2. The van der Waals surface area contributed by atoms with Crippen LogP contribution >= 0.6 is 23.2 Å². The molecule has 0 saturated carbocycles. The molecule has 0 bridgehead atoms. The minimum absolute atomic E-state index is 0. The number of benzene rings is 2. The summed E-state index contributed by atoms with van der Waals surface area (Å²) in [4.78, 5) is 46.3. The van der Waals surface area contributed by atoms with E-state index in [0.29, 0.717) is 52.2 Å². The van der Waals surface area contributed by atoms with Crippen LogP contribution in [-0.2, 0) is 58.3 Å². The largest absolute Gasteiger partial charge is 0.699 e. The van der Waals surface area contributed by atoms with Crippen LogP contribution in [0, 0.1) is 5.41 Å². The van der Waals surface area contributed by atoms with E-state index in [-0.39, 0.29) is 62.5 Å². The Balaban J connectivity index is 0.000000217. The Labute approximate surface area is 359 Å². The maximum Gasteiger partial charge on any atom is 0.226 e. The topological polar surface area (TPSA) is 181 Å². The number of carbonyl (C=O) groups excluding carboxylic acids is 3. The van der Waals surface area contributed by atoms with Gasteiger partial charge in [-0.2, -0.15) is 16.5 Å². The third-order valence-electron chi connectivity index (χ3n) is 9.98. The van der Waals surface area contributed by atoms with Crippen molar-refractivity contribution >= 4 is 69.5 Å². The molecule has 3 aliphatic heterocycles. The van der Waals surface area contributed by atoms with Crippen LogP contribution in [0.15, 0.2) is 67.1 Å². The predicted octanol–water partition coefficient (Wildman–Crippen LogP) is 7.11. The van der Waals surface area contributed by atoms with Crippen molar-refractivity contribution in [2.45, 2.75) is 38.3 Å². The summed E-state index contributed by atoms with van der Waals surface area (Å²) in [7, 11) is 1.61. The molecule has 3 fully saturated rings. The van der Waals surface area contributed by atoms with Crippen molar-refractivity contribution < 1.29 is 56.6 Å². The van der Waals surface area contributed by atoms with E-state index in [1.807, 2.05) is 60.5 Å². The molecule has 289 valence electrons. The van der Waals surface area contributed by atoms with Gasteiger partial charge in [0.1, 0.15) is 23.4 Å². The zero-order valence-corrected chi connectivity index (χ0v) is 35.1. The first kappa shape index (κ1) is 41.3. The van der Waals surface area contributed by atoms with Gasteiger partial charge in [0.15, 0.2) is 0 Å². The number of aromatic amines is 1. The fourth-order valence-electron chi connectivity index (χ4n) is 7.18. The predicted molar refractivity (Wildman–Crippen MR) is 210 cm³/mol. The van der Waals surface area contributed by atoms with E-state index in [0.717, 1.165) is 66.1 Å². The summed E-state index contributed by atoms with van der Waals surface area (Å²) in [5.74, 6) is 0.967. The maximum absolute atomic E-state index is 11.7. The Morgan fingerprint density at radius 2 is 1.84 bits per heavy atom. The number of ether oxygens (including phenoxy) is 2. The zero-order valence-electron chi connectivity index (χ0n) is 30.8. The second-order valence-electron chi connectivity index (χ2n) is 14.0. The van der Waals surface area contributed by atoms with E-state index < -0.39 is 6.04 Å². The molecule has 1 radical (unpaired) electrons. The minimum Gasteiger partial charge on any atom is -0.699 e. The van der Waals surface area contributed by atoms with Gasteiger partial charge in [0.2, 0.25) is 18.2 Å². The van der Waals surface area contributed by atoms with Gasteiger partial charge >= 0.3 is 0 Å². The normalized spacial score (nSPS) is 17.5. The second-order valence-corrected chi connectivity index (χ2v) is 14.8. The van der Waals surface area contributed by atoms with Crippen molar-refractivity contribution in [1.29, 1.82) is 0 Å². The zero-order chi connectivity index (χ0) is 38.7. The number of methoxy groups -OCH3 is 1. The molecule has 1 unspecified atom stereocenters. The molecule has 3 N–H and O–H groups in total. The van der Waals surface area contributed by atoms with Crippen LogP contribution in [-0.4, -0.2) is 89.2 Å². The molecule has 3 aromatic heterocycles. The van der Waals surface area contributed by atoms with Crippen LogP contribution in [0.3, 0.4) is 0 Å². The number of halogens is 2. The number of anilines is 1. The summed E-state index contributed by atoms with van der Waals surface area (Å²) in [5.41, 5.74) is 13.3. The number of hydrogen-bond donors (Lipinski definition) is 2. The second kappa shape index (κ2) is 17.9. The number of likely N-dealkylation sites (tertiary alicyclic amines) is 1. The van der Waals surface area contributed by atoms with Crippen molar-refractivity contribution in [2.75, 3.05) is 44.8 Å². The number of amides is 3. The summed E-state index contributed by atoms with van der Waals surface area (Å²) in [6.45, 7) is 5.97. The molecule has 5 aromatic rings. The van der Waals surface area contributed by atoms with E-state index in [9.17, 15) is 14.4 Å². The minimum atomic E-state index is -0.588. The Morgan fingerprint density at radius 1 is 1.07 bits per heavy atom. The van der Waals surface area contributed by atoms with Gasteiger partial charge in [-0.05, 0) is 56.1 Å². The molecule has 8 rings (SSSR count). The van der Waals surface area contributed by atoms with Crippen molar-refractivity contribution in [3.8, 4) is 17.0 Å². The number of fused-ring (bicyclic) bond motifs is 1. The average Bonchev–Trinajstić information content (AvgIpc) is 3.56. The molecule has 14 nitrogen and oxygen atoms in total. The van der Waals surface area contributed by atoms with Crippen molar-refractivity contribution in [3.63, 3.8) is 0 Å². The standard InChI is InChI=1S/C25H22Cl2N6O2.C14H17N3O3.Y/c1-15(23-19(26)8-28-9-20(23)27)35-17-3-4-21-18(6-17)24(31-30-21)16-2-5-22(29-7-16)33-12-25(13-33)10-32(11-25)14-34;1-20-8-7-9-3-2-4-10(13(9)15)16-11-5-6-12(18)17-14(11)19;/h2-9,14-15H,10-13H2,1H3,(H,30,31);2-4,11,15H,5-8H2,1H3,(H,17,18,19);/q;-2;/t15-;;/m1../s1. The molecular formula is C39H39Cl2N9O5Y-2. The van der Waals surface area contributed by atoms with Gasteiger partial charge in [-0.25, -0.2) is 4.98 Å². The summed E-state index contributed by atoms with van der Waals surface area (Å²) in [6, 6.07) is 14.6. The van der Waals surface area contributed by atoms with Gasteiger partial charge in [-0.3, -0.25) is 29.8 Å². The third kappa shape index (κ3) is 8.95. The van der Waals surface area contributed by atoms with E-state index in [1.54, 1.807) is 25.6 Å². The van der Waals surface area contributed by atoms with E-state index >= 15 is 0 Å². The number of piperidine rings is 1. The molecule has 2 aromatic carbocycles. The number of imide groups is 1. The molecule has 2 atom stereocenters. The van der Waals surface area contributed by atoms with Gasteiger partial charge in [0.25, 0.3) is 0 Å². The monoisotopic (exact) mass is 872 g/mol.